The second-order valence-electron chi connectivity index (χ2n) is 5.81. The van der Waals surface area contributed by atoms with Crippen LogP contribution < -0.4 is 5.32 Å². The molecule has 1 aromatic carbocycles. The molecule has 0 spiro atoms. The van der Waals surface area contributed by atoms with Crippen molar-refractivity contribution < 1.29 is 9.72 Å². The Kier molecular flexibility index (Phi) is 5.22. The third kappa shape index (κ3) is 3.98. The summed E-state index contributed by atoms with van der Waals surface area (Å²) in [4.78, 5) is 26.3. The van der Waals surface area contributed by atoms with Gasteiger partial charge in [0.1, 0.15) is 0 Å². The van der Waals surface area contributed by atoms with Crippen molar-refractivity contribution in [1.82, 2.24) is 10.2 Å². The molecule has 0 unspecified atom stereocenters. The summed E-state index contributed by atoms with van der Waals surface area (Å²) in [7, 11) is 0. The Labute approximate surface area is 144 Å². The molecule has 3 rings (SSSR count). The van der Waals surface area contributed by atoms with Gasteiger partial charge in [0, 0.05) is 42.7 Å². The first-order valence-corrected chi connectivity index (χ1v) is 8.78. The molecular weight excluding hydrogens is 326 g/mol. The molecule has 0 atom stereocenters. The maximum atomic E-state index is 12.0. The molecule has 7 heteroatoms. The van der Waals surface area contributed by atoms with Crippen LogP contribution in [0.4, 0.5) is 5.69 Å². The lowest BCUT2D eigenvalue weighted by Gasteiger charge is -2.26. The van der Waals surface area contributed by atoms with E-state index in [0.29, 0.717) is 12.1 Å². The Morgan fingerprint density at radius 3 is 3.00 bits per heavy atom. The molecule has 126 valence electrons. The largest absolute Gasteiger partial charge is 0.355 e. The van der Waals surface area contributed by atoms with Crippen molar-refractivity contribution >= 4 is 22.9 Å². The van der Waals surface area contributed by atoms with Crippen LogP contribution in [0.5, 0.6) is 0 Å². The molecule has 1 aromatic heterocycles. The quantitative estimate of drug-likeness (QED) is 0.644. The summed E-state index contributed by atoms with van der Waals surface area (Å²) in [5.41, 5.74) is 1.83. The standard InChI is InChI=1S/C17H19N3O3S/c21-17(11-13-3-1-2-4-15(13)20(22)23)18-7-9-19-8-5-16-14(12-19)6-10-24-16/h1-4,6,10H,5,7-9,11-12H2,(H,18,21). The fourth-order valence-corrected chi connectivity index (χ4v) is 3.81. The van der Waals surface area contributed by atoms with Crippen LogP contribution in [0.25, 0.3) is 0 Å². The molecule has 2 heterocycles. The van der Waals surface area contributed by atoms with E-state index in [-0.39, 0.29) is 18.0 Å². The molecule has 0 saturated carbocycles. The van der Waals surface area contributed by atoms with Crippen LogP contribution in [0, 0.1) is 10.1 Å². The number of hydrogen-bond donors (Lipinski definition) is 1. The van der Waals surface area contributed by atoms with Gasteiger partial charge in [-0.25, -0.2) is 0 Å². The average molecular weight is 345 g/mol. The van der Waals surface area contributed by atoms with Crippen LogP contribution in [-0.4, -0.2) is 35.4 Å². The molecule has 0 bridgehead atoms. The van der Waals surface area contributed by atoms with Gasteiger partial charge in [-0.1, -0.05) is 18.2 Å². The summed E-state index contributed by atoms with van der Waals surface area (Å²) in [6.07, 6.45) is 1.10. The number of carbonyl (C=O) groups is 1. The zero-order chi connectivity index (χ0) is 16.9. The van der Waals surface area contributed by atoms with Crippen LogP contribution in [0.1, 0.15) is 16.0 Å². The van der Waals surface area contributed by atoms with Crippen molar-refractivity contribution in [2.75, 3.05) is 19.6 Å². The molecule has 6 nitrogen and oxygen atoms in total. The average Bonchev–Trinajstić information content (AvgIpc) is 3.03. The number of nitrogens with zero attached hydrogens (tertiary/aromatic N) is 2. The first kappa shape index (κ1) is 16.6. The van der Waals surface area contributed by atoms with Gasteiger partial charge in [-0.15, -0.1) is 11.3 Å². The number of nitro groups is 1. The summed E-state index contributed by atoms with van der Waals surface area (Å²) in [5, 5.41) is 16.0. The maximum absolute atomic E-state index is 12.0. The monoisotopic (exact) mass is 345 g/mol. The second kappa shape index (κ2) is 7.55. The number of nitrogens with one attached hydrogen (secondary N) is 1. The highest BCUT2D eigenvalue weighted by molar-refractivity contribution is 7.10. The molecular formula is C17H19N3O3S. The fourth-order valence-electron chi connectivity index (χ4n) is 2.93. The molecule has 0 fully saturated rings. The number of para-hydroxylation sites is 1. The molecule has 2 aromatic rings. The van der Waals surface area contributed by atoms with Gasteiger partial charge < -0.3 is 5.32 Å². The second-order valence-corrected chi connectivity index (χ2v) is 6.81. The molecule has 1 N–H and O–H groups in total. The van der Waals surface area contributed by atoms with Crippen LogP contribution in [-0.2, 0) is 24.2 Å². The highest BCUT2D eigenvalue weighted by Crippen LogP contribution is 2.23. The van der Waals surface area contributed by atoms with E-state index in [1.165, 1.54) is 16.5 Å². The van der Waals surface area contributed by atoms with Crippen molar-refractivity contribution in [2.24, 2.45) is 0 Å². The lowest BCUT2D eigenvalue weighted by Crippen LogP contribution is -2.37. The van der Waals surface area contributed by atoms with Gasteiger partial charge in [-0.2, -0.15) is 0 Å². The van der Waals surface area contributed by atoms with Gasteiger partial charge in [0.05, 0.1) is 11.3 Å². The van der Waals surface area contributed by atoms with Gasteiger partial charge in [-0.05, 0) is 23.4 Å². The van der Waals surface area contributed by atoms with E-state index in [1.54, 1.807) is 18.2 Å². The Balaban J connectivity index is 1.46. The number of nitro benzene ring substituents is 1. The Bertz CT molecular complexity index is 744. The predicted molar refractivity (Wildman–Crippen MR) is 93.1 cm³/mol. The van der Waals surface area contributed by atoms with Gasteiger partial charge >= 0.3 is 0 Å². The Morgan fingerprint density at radius 1 is 1.33 bits per heavy atom. The SMILES string of the molecule is O=C(Cc1ccccc1[N+](=O)[O-])NCCN1CCc2sccc2C1. The van der Waals surface area contributed by atoms with Crippen LogP contribution in [0.3, 0.4) is 0 Å². The van der Waals surface area contributed by atoms with Gasteiger partial charge in [0.2, 0.25) is 5.91 Å². The zero-order valence-electron chi connectivity index (χ0n) is 13.2. The minimum atomic E-state index is -0.450. The summed E-state index contributed by atoms with van der Waals surface area (Å²) in [6.45, 7) is 3.28. The predicted octanol–water partition coefficient (Wildman–Crippen LogP) is 2.37. The van der Waals surface area contributed by atoms with Crippen molar-refractivity contribution in [3.63, 3.8) is 0 Å². The van der Waals surface area contributed by atoms with Crippen molar-refractivity contribution in [2.45, 2.75) is 19.4 Å². The van der Waals surface area contributed by atoms with Crippen LogP contribution in [0.2, 0.25) is 0 Å². The number of benzene rings is 1. The first-order valence-electron chi connectivity index (χ1n) is 7.90. The number of carbonyl (C=O) groups excluding carboxylic acids is 1. The topological polar surface area (TPSA) is 75.5 Å². The van der Waals surface area contributed by atoms with Crippen LogP contribution in [0.15, 0.2) is 35.7 Å². The van der Waals surface area contributed by atoms with Gasteiger partial charge in [-0.3, -0.25) is 19.8 Å². The third-order valence-corrected chi connectivity index (χ3v) is 5.20. The maximum Gasteiger partial charge on any atom is 0.273 e. The molecule has 24 heavy (non-hydrogen) atoms. The Morgan fingerprint density at radius 2 is 2.17 bits per heavy atom. The summed E-state index contributed by atoms with van der Waals surface area (Å²) < 4.78 is 0. The highest BCUT2D eigenvalue weighted by Gasteiger charge is 2.18. The van der Waals surface area contributed by atoms with Gasteiger partial charge in [0.15, 0.2) is 0 Å². The Hall–Kier alpha value is -2.25. The number of thiophene rings is 1. The fraction of sp³-hybridized carbons (Fsp3) is 0.353. The molecule has 0 aliphatic carbocycles. The lowest BCUT2D eigenvalue weighted by molar-refractivity contribution is -0.385. The molecule has 1 aliphatic rings. The van der Waals surface area contributed by atoms with Crippen LogP contribution >= 0.6 is 11.3 Å². The number of amides is 1. The van der Waals surface area contributed by atoms with E-state index in [1.807, 2.05) is 11.3 Å². The lowest BCUT2D eigenvalue weighted by atomic mass is 10.1. The van der Waals surface area contributed by atoms with Crippen molar-refractivity contribution in [3.05, 3.63) is 61.8 Å². The van der Waals surface area contributed by atoms with Crippen molar-refractivity contribution in [3.8, 4) is 0 Å². The summed E-state index contributed by atoms with van der Waals surface area (Å²) in [6, 6.07) is 8.53. The number of hydrogen-bond acceptors (Lipinski definition) is 5. The van der Waals surface area contributed by atoms with E-state index >= 15 is 0 Å². The smallest absolute Gasteiger partial charge is 0.273 e. The molecule has 0 saturated heterocycles. The van der Waals surface area contributed by atoms with Gasteiger partial charge in [0.25, 0.3) is 5.69 Å². The molecule has 0 radical (unpaired) electrons. The zero-order valence-corrected chi connectivity index (χ0v) is 14.1. The van der Waals surface area contributed by atoms with Crippen molar-refractivity contribution in [1.29, 1.82) is 0 Å². The third-order valence-electron chi connectivity index (χ3n) is 4.18. The minimum absolute atomic E-state index is 0.00586. The molecule has 1 amide bonds. The summed E-state index contributed by atoms with van der Waals surface area (Å²) >= 11 is 1.81. The highest BCUT2D eigenvalue weighted by atomic mass is 32.1. The van der Waals surface area contributed by atoms with E-state index < -0.39 is 4.92 Å². The normalized spacial score (nSPS) is 14.2. The molecule has 1 aliphatic heterocycles. The van der Waals surface area contributed by atoms with E-state index in [2.05, 4.69) is 21.7 Å². The van der Waals surface area contributed by atoms with E-state index in [4.69, 9.17) is 0 Å². The summed E-state index contributed by atoms with van der Waals surface area (Å²) in [5.74, 6) is -0.183. The number of rotatable bonds is 6. The van der Waals surface area contributed by atoms with E-state index in [0.717, 1.165) is 26.1 Å². The number of fused-ring (bicyclic) bond motifs is 1. The van der Waals surface area contributed by atoms with E-state index in [9.17, 15) is 14.9 Å². The first-order chi connectivity index (χ1) is 11.6. The minimum Gasteiger partial charge on any atom is -0.355 e.